The van der Waals surface area contributed by atoms with Crippen molar-refractivity contribution in [3.63, 3.8) is 0 Å². The number of amides is 1. The Hall–Kier alpha value is -4.01. The molecule has 1 fully saturated rings. The maximum Gasteiger partial charge on any atom is 0.342 e. The van der Waals surface area contributed by atoms with Crippen molar-refractivity contribution in [3.05, 3.63) is 84.1 Å². The van der Waals surface area contributed by atoms with E-state index in [0.29, 0.717) is 31.9 Å². The summed E-state index contributed by atoms with van der Waals surface area (Å²) < 4.78 is 33.1. The Morgan fingerprint density at radius 3 is 2.33 bits per heavy atom. The number of pyridine rings is 1. The average molecular weight is 452 g/mol. The van der Waals surface area contributed by atoms with E-state index in [2.05, 4.69) is 10.3 Å². The Balaban J connectivity index is 1.33. The van der Waals surface area contributed by atoms with E-state index in [-0.39, 0.29) is 28.8 Å². The number of benzene rings is 2. The van der Waals surface area contributed by atoms with E-state index < -0.39 is 18.4 Å². The molecule has 1 amide bonds. The molecule has 0 atom stereocenters. The van der Waals surface area contributed by atoms with Crippen molar-refractivity contribution in [1.82, 2.24) is 9.88 Å². The fourth-order valence-electron chi connectivity index (χ4n) is 3.56. The molecule has 3 aromatic rings. The summed E-state index contributed by atoms with van der Waals surface area (Å²) in [5.74, 6) is -1.77. The zero-order chi connectivity index (χ0) is 23.2. The Labute approximate surface area is 189 Å². The molecule has 4 rings (SSSR count). The van der Waals surface area contributed by atoms with Crippen LogP contribution < -0.4 is 10.2 Å². The molecule has 2 aromatic carbocycles. The maximum atomic E-state index is 14.0. The molecular formula is C24H22F2N4O3. The number of carbonyl (C=O) groups excluding carboxylic acids is 2. The van der Waals surface area contributed by atoms with Gasteiger partial charge in [-0.15, -0.1) is 0 Å². The van der Waals surface area contributed by atoms with E-state index in [0.717, 1.165) is 0 Å². The Morgan fingerprint density at radius 2 is 1.61 bits per heavy atom. The zero-order valence-corrected chi connectivity index (χ0v) is 17.7. The van der Waals surface area contributed by atoms with E-state index in [1.807, 2.05) is 4.90 Å². The summed E-state index contributed by atoms with van der Waals surface area (Å²) in [6.45, 7) is 1.28. The van der Waals surface area contributed by atoms with Gasteiger partial charge in [0.15, 0.2) is 6.61 Å². The number of halogens is 2. The van der Waals surface area contributed by atoms with Crippen molar-refractivity contribution in [3.8, 4) is 0 Å². The van der Waals surface area contributed by atoms with Crippen molar-refractivity contribution < 1.29 is 23.1 Å². The molecule has 33 heavy (non-hydrogen) atoms. The Bertz CT molecular complexity index is 1150. The van der Waals surface area contributed by atoms with Gasteiger partial charge in [-0.1, -0.05) is 24.3 Å². The van der Waals surface area contributed by atoms with Crippen LogP contribution in [-0.2, 0) is 9.53 Å². The first-order valence-electron chi connectivity index (χ1n) is 10.4. The maximum absolute atomic E-state index is 14.0. The average Bonchev–Trinajstić information content (AvgIpc) is 2.84. The zero-order valence-electron chi connectivity index (χ0n) is 17.7. The number of rotatable bonds is 6. The number of hydrogen-bond acceptors (Lipinski definition) is 6. The lowest BCUT2D eigenvalue weighted by atomic mass is 10.2. The molecule has 9 heteroatoms. The number of ether oxygens (including phenoxy) is 1. The minimum absolute atomic E-state index is 0.0814. The predicted octanol–water partition coefficient (Wildman–Crippen LogP) is 3.61. The van der Waals surface area contributed by atoms with E-state index in [9.17, 15) is 18.4 Å². The van der Waals surface area contributed by atoms with Gasteiger partial charge in [0.1, 0.15) is 23.0 Å². The number of piperazine rings is 1. The first kappa shape index (κ1) is 22.2. The third-order valence-electron chi connectivity index (χ3n) is 5.31. The van der Waals surface area contributed by atoms with Crippen LogP contribution in [0.4, 0.5) is 26.0 Å². The molecule has 0 spiro atoms. The van der Waals surface area contributed by atoms with Crippen LogP contribution in [-0.4, -0.2) is 54.5 Å². The van der Waals surface area contributed by atoms with Crippen molar-refractivity contribution in [2.24, 2.45) is 0 Å². The number of carbonyl (C=O) groups is 2. The summed E-state index contributed by atoms with van der Waals surface area (Å²) in [6.07, 6.45) is 1.46. The number of para-hydroxylation sites is 2. The van der Waals surface area contributed by atoms with E-state index >= 15 is 0 Å². The monoisotopic (exact) mass is 452 g/mol. The highest BCUT2D eigenvalue weighted by Gasteiger charge is 2.24. The number of anilines is 3. The van der Waals surface area contributed by atoms with Crippen LogP contribution in [0.2, 0.25) is 0 Å². The Morgan fingerprint density at radius 1 is 0.909 bits per heavy atom. The highest BCUT2D eigenvalue weighted by molar-refractivity contribution is 5.96. The lowest BCUT2D eigenvalue weighted by Crippen LogP contribution is -2.50. The van der Waals surface area contributed by atoms with Crippen LogP contribution in [0, 0.1) is 11.6 Å². The topological polar surface area (TPSA) is 74.8 Å². The molecule has 1 N–H and O–H groups in total. The molecule has 170 valence electrons. The second-order valence-electron chi connectivity index (χ2n) is 7.40. The second-order valence-corrected chi connectivity index (χ2v) is 7.40. The van der Waals surface area contributed by atoms with Gasteiger partial charge in [-0.25, -0.2) is 18.6 Å². The van der Waals surface area contributed by atoms with Gasteiger partial charge in [0.25, 0.3) is 5.91 Å². The van der Waals surface area contributed by atoms with E-state index in [1.165, 1.54) is 30.5 Å². The van der Waals surface area contributed by atoms with Crippen LogP contribution in [0.15, 0.2) is 66.9 Å². The summed E-state index contributed by atoms with van der Waals surface area (Å²) in [6, 6.07) is 15.5. The predicted molar refractivity (Wildman–Crippen MR) is 119 cm³/mol. The standard InChI is InChI=1S/C24H22F2N4O3/c25-18-7-1-3-9-20(18)28-23-17(6-5-11-27-23)24(32)33-16-22(31)30-14-12-29(13-15-30)21-10-4-2-8-19(21)26/h1-11H,12-16H2,(H,27,28). The number of esters is 1. The number of hydrogen-bond donors (Lipinski definition) is 1. The first-order valence-corrected chi connectivity index (χ1v) is 10.4. The summed E-state index contributed by atoms with van der Waals surface area (Å²) in [7, 11) is 0. The molecule has 1 aliphatic rings. The number of aromatic nitrogens is 1. The number of nitrogens with one attached hydrogen (secondary N) is 1. The molecule has 7 nitrogen and oxygen atoms in total. The smallest absolute Gasteiger partial charge is 0.342 e. The summed E-state index contributed by atoms with van der Waals surface area (Å²) in [5.41, 5.74) is 0.745. The molecule has 0 unspecified atom stereocenters. The van der Waals surface area contributed by atoms with Gasteiger partial charge < -0.3 is 19.9 Å². The van der Waals surface area contributed by atoms with Crippen molar-refractivity contribution in [1.29, 1.82) is 0 Å². The van der Waals surface area contributed by atoms with Crippen LogP contribution in [0.5, 0.6) is 0 Å². The second kappa shape index (κ2) is 10.1. The molecular weight excluding hydrogens is 430 g/mol. The lowest BCUT2D eigenvalue weighted by molar-refractivity contribution is -0.134. The fourth-order valence-corrected chi connectivity index (χ4v) is 3.56. The van der Waals surface area contributed by atoms with Crippen molar-refractivity contribution >= 4 is 29.1 Å². The largest absolute Gasteiger partial charge is 0.452 e. The van der Waals surface area contributed by atoms with Gasteiger partial charge in [0.05, 0.1) is 11.4 Å². The molecule has 0 aliphatic carbocycles. The summed E-state index contributed by atoms with van der Waals surface area (Å²) >= 11 is 0. The van der Waals surface area contributed by atoms with E-state index in [1.54, 1.807) is 41.3 Å². The van der Waals surface area contributed by atoms with Crippen LogP contribution >= 0.6 is 0 Å². The summed E-state index contributed by atoms with van der Waals surface area (Å²) in [5, 5.41) is 2.78. The molecule has 2 heterocycles. The van der Waals surface area contributed by atoms with Crippen LogP contribution in [0.3, 0.4) is 0 Å². The van der Waals surface area contributed by atoms with Crippen molar-refractivity contribution in [2.75, 3.05) is 43.0 Å². The molecule has 0 saturated carbocycles. The third kappa shape index (κ3) is 5.25. The molecule has 0 bridgehead atoms. The fraction of sp³-hybridized carbons (Fsp3) is 0.208. The molecule has 1 saturated heterocycles. The van der Waals surface area contributed by atoms with Gasteiger partial charge in [0, 0.05) is 32.4 Å². The first-order chi connectivity index (χ1) is 16.0. The Kier molecular flexibility index (Phi) is 6.77. The van der Waals surface area contributed by atoms with Gasteiger partial charge >= 0.3 is 5.97 Å². The van der Waals surface area contributed by atoms with Gasteiger partial charge in [0.2, 0.25) is 0 Å². The van der Waals surface area contributed by atoms with Gasteiger partial charge in [-0.3, -0.25) is 4.79 Å². The van der Waals surface area contributed by atoms with Gasteiger partial charge in [-0.05, 0) is 36.4 Å². The minimum Gasteiger partial charge on any atom is -0.452 e. The van der Waals surface area contributed by atoms with Crippen LogP contribution in [0.25, 0.3) is 0 Å². The number of nitrogens with zero attached hydrogens (tertiary/aromatic N) is 3. The highest BCUT2D eigenvalue weighted by Crippen LogP contribution is 2.22. The third-order valence-corrected chi connectivity index (χ3v) is 5.31. The lowest BCUT2D eigenvalue weighted by Gasteiger charge is -2.36. The SMILES string of the molecule is O=C(OCC(=O)N1CCN(c2ccccc2F)CC1)c1cccnc1Nc1ccccc1F. The summed E-state index contributed by atoms with van der Waals surface area (Å²) in [4.78, 5) is 32.7. The highest BCUT2D eigenvalue weighted by atomic mass is 19.1. The van der Waals surface area contributed by atoms with Gasteiger partial charge in [-0.2, -0.15) is 0 Å². The van der Waals surface area contributed by atoms with E-state index in [4.69, 9.17) is 4.74 Å². The quantitative estimate of drug-likeness (QED) is 0.576. The molecule has 1 aliphatic heterocycles. The molecule has 1 aromatic heterocycles. The minimum atomic E-state index is -0.750. The normalized spacial score (nSPS) is 13.5. The molecule has 0 radical (unpaired) electrons. The van der Waals surface area contributed by atoms with Crippen molar-refractivity contribution in [2.45, 2.75) is 0 Å². The van der Waals surface area contributed by atoms with Crippen LogP contribution in [0.1, 0.15) is 10.4 Å².